The molecule has 0 aliphatic carbocycles. The number of piperidine rings is 1. The second-order valence-electron chi connectivity index (χ2n) is 7.53. The zero-order chi connectivity index (χ0) is 19.8. The van der Waals surface area contributed by atoms with Crippen LogP contribution in [0.25, 0.3) is 5.65 Å². The van der Waals surface area contributed by atoms with E-state index in [2.05, 4.69) is 31.0 Å². The Bertz CT molecular complexity index is 1010. The van der Waals surface area contributed by atoms with Crippen LogP contribution in [-0.2, 0) is 0 Å². The van der Waals surface area contributed by atoms with E-state index in [9.17, 15) is 4.39 Å². The van der Waals surface area contributed by atoms with Gasteiger partial charge in [0.15, 0.2) is 5.65 Å². The van der Waals surface area contributed by atoms with E-state index >= 15 is 0 Å². The van der Waals surface area contributed by atoms with E-state index in [4.69, 9.17) is 4.74 Å². The van der Waals surface area contributed by atoms with Gasteiger partial charge in [0.2, 0.25) is 5.82 Å². The number of aromatic nitrogens is 5. The average Bonchev–Trinajstić information content (AvgIpc) is 3.03. The smallest absolute Gasteiger partial charge is 0.254 e. The number of fused-ring (bicyclic) bond motifs is 1. The van der Waals surface area contributed by atoms with Gasteiger partial charge in [-0.25, -0.2) is 9.97 Å². The summed E-state index contributed by atoms with van der Waals surface area (Å²) in [5, 5.41) is 4.58. The lowest BCUT2D eigenvalue weighted by Crippen LogP contribution is -2.37. The first-order chi connectivity index (χ1) is 13.4. The minimum atomic E-state index is -0.466. The van der Waals surface area contributed by atoms with Gasteiger partial charge in [0.1, 0.15) is 11.6 Å². The van der Waals surface area contributed by atoms with Crippen molar-refractivity contribution in [3.05, 3.63) is 40.9 Å². The maximum atomic E-state index is 14.1. The summed E-state index contributed by atoms with van der Waals surface area (Å²) in [6.45, 7) is 9.62. The molecule has 0 saturated carbocycles. The number of ether oxygens (including phenoxy) is 1. The summed E-state index contributed by atoms with van der Waals surface area (Å²) in [6, 6.07) is 4.08. The normalized spacial score (nSPS) is 15.4. The van der Waals surface area contributed by atoms with Crippen LogP contribution < -0.4 is 9.64 Å². The molecule has 0 radical (unpaired) electrons. The monoisotopic (exact) mass is 384 g/mol. The van der Waals surface area contributed by atoms with E-state index in [1.54, 1.807) is 13.8 Å². The molecule has 8 heteroatoms. The second-order valence-corrected chi connectivity index (χ2v) is 7.53. The van der Waals surface area contributed by atoms with Crippen LogP contribution in [0.4, 0.5) is 10.2 Å². The number of aryl methyl sites for hydroxylation is 4. The molecule has 0 spiro atoms. The van der Waals surface area contributed by atoms with Crippen LogP contribution in [0, 0.1) is 39.4 Å². The van der Waals surface area contributed by atoms with Gasteiger partial charge in [-0.2, -0.15) is 19.0 Å². The molecule has 28 heavy (non-hydrogen) atoms. The quantitative estimate of drug-likeness (QED) is 0.688. The fourth-order valence-corrected chi connectivity index (χ4v) is 3.71. The zero-order valence-electron chi connectivity index (χ0n) is 16.7. The predicted octanol–water partition coefficient (Wildman–Crippen LogP) is 3.19. The number of halogens is 1. The minimum Gasteiger partial charge on any atom is -0.475 e. The number of rotatable bonds is 4. The highest BCUT2D eigenvalue weighted by atomic mass is 19.1. The third-order valence-corrected chi connectivity index (χ3v) is 5.15. The third kappa shape index (κ3) is 3.63. The van der Waals surface area contributed by atoms with Gasteiger partial charge in [-0.1, -0.05) is 0 Å². The molecule has 1 saturated heterocycles. The minimum absolute atomic E-state index is 0.0610. The first kappa shape index (κ1) is 18.6. The molecule has 0 atom stereocenters. The summed E-state index contributed by atoms with van der Waals surface area (Å²) >= 11 is 0. The van der Waals surface area contributed by atoms with Crippen LogP contribution in [0.3, 0.4) is 0 Å². The number of anilines is 1. The van der Waals surface area contributed by atoms with Crippen LogP contribution in [0.5, 0.6) is 5.88 Å². The van der Waals surface area contributed by atoms with Crippen LogP contribution >= 0.6 is 0 Å². The summed E-state index contributed by atoms with van der Waals surface area (Å²) in [7, 11) is 0. The summed E-state index contributed by atoms with van der Waals surface area (Å²) in [5.74, 6) is 1.56. The van der Waals surface area contributed by atoms with E-state index in [1.165, 1.54) is 0 Å². The molecule has 1 fully saturated rings. The van der Waals surface area contributed by atoms with Crippen molar-refractivity contribution < 1.29 is 9.13 Å². The molecular formula is C20H25FN6O. The van der Waals surface area contributed by atoms with Crippen LogP contribution in [0.1, 0.15) is 35.7 Å². The van der Waals surface area contributed by atoms with Gasteiger partial charge in [0, 0.05) is 30.9 Å². The zero-order valence-corrected chi connectivity index (χ0v) is 16.7. The predicted molar refractivity (Wildman–Crippen MR) is 104 cm³/mol. The SMILES string of the molecule is Cc1cc(N2CCC(COc3nc(C)nc(C)c3F)CC2)n2nc(C)cc2n1. The van der Waals surface area contributed by atoms with Crippen molar-refractivity contribution in [1.82, 2.24) is 24.6 Å². The molecule has 0 amide bonds. The summed E-state index contributed by atoms with van der Waals surface area (Å²) in [5.41, 5.74) is 3.14. The Hall–Kier alpha value is -2.77. The molecule has 4 rings (SSSR count). The van der Waals surface area contributed by atoms with Crippen molar-refractivity contribution >= 4 is 11.5 Å². The first-order valence-electron chi connectivity index (χ1n) is 9.63. The van der Waals surface area contributed by atoms with E-state index in [0.29, 0.717) is 24.0 Å². The van der Waals surface area contributed by atoms with Crippen LogP contribution in [0.15, 0.2) is 12.1 Å². The van der Waals surface area contributed by atoms with Crippen molar-refractivity contribution in [2.75, 3.05) is 24.6 Å². The Balaban J connectivity index is 1.42. The fraction of sp³-hybridized carbons (Fsp3) is 0.500. The maximum Gasteiger partial charge on any atom is 0.254 e. The van der Waals surface area contributed by atoms with Crippen LogP contribution in [-0.4, -0.2) is 44.3 Å². The van der Waals surface area contributed by atoms with Gasteiger partial charge in [0.25, 0.3) is 5.88 Å². The largest absolute Gasteiger partial charge is 0.475 e. The van der Waals surface area contributed by atoms with Gasteiger partial charge >= 0.3 is 0 Å². The average molecular weight is 384 g/mol. The Morgan fingerprint density at radius 2 is 1.79 bits per heavy atom. The van der Waals surface area contributed by atoms with Crippen molar-refractivity contribution in [2.24, 2.45) is 5.92 Å². The van der Waals surface area contributed by atoms with Crippen molar-refractivity contribution in [3.63, 3.8) is 0 Å². The molecule has 1 aliphatic rings. The summed E-state index contributed by atoms with van der Waals surface area (Å²) < 4.78 is 21.8. The van der Waals surface area contributed by atoms with E-state index in [1.807, 2.05) is 24.4 Å². The van der Waals surface area contributed by atoms with E-state index in [-0.39, 0.29) is 5.88 Å². The highest BCUT2D eigenvalue weighted by molar-refractivity contribution is 5.52. The molecule has 7 nitrogen and oxygen atoms in total. The molecule has 4 heterocycles. The maximum absolute atomic E-state index is 14.1. The highest BCUT2D eigenvalue weighted by Crippen LogP contribution is 2.26. The molecule has 0 bridgehead atoms. The third-order valence-electron chi connectivity index (χ3n) is 5.15. The van der Waals surface area contributed by atoms with Crippen LogP contribution in [0.2, 0.25) is 0 Å². The number of hydrogen-bond donors (Lipinski definition) is 0. The molecule has 3 aromatic heterocycles. The highest BCUT2D eigenvalue weighted by Gasteiger charge is 2.23. The summed E-state index contributed by atoms with van der Waals surface area (Å²) in [4.78, 5) is 15.0. The van der Waals surface area contributed by atoms with Gasteiger partial charge < -0.3 is 9.64 Å². The van der Waals surface area contributed by atoms with Crippen molar-refractivity contribution in [3.8, 4) is 5.88 Å². The Kier molecular flexibility index (Phi) is 4.87. The van der Waals surface area contributed by atoms with Gasteiger partial charge in [-0.3, -0.25) is 0 Å². The Morgan fingerprint density at radius 1 is 1.04 bits per heavy atom. The lowest BCUT2D eigenvalue weighted by molar-refractivity contribution is 0.206. The molecule has 0 unspecified atom stereocenters. The standard InChI is InChI=1S/C20H25FN6O/c1-12-10-18(27-17(22-12)9-13(2)25-27)26-7-5-16(6-8-26)11-28-20-19(21)14(3)23-15(4)24-20/h9-10,16H,5-8,11H2,1-4H3. The molecule has 0 aromatic carbocycles. The first-order valence-corrected chi connectivity index (χ1v) is 9.63. The molecule has 0 N–H and O–H groups in total. The van der Waals surface area contributed by atoms with Crippen molar-refractivity contribution in [2.45, 2.75) is 40.5 Å². The topological polar surface area (TPSA) is 68.4 Å². The number of nitrogens with zero attached hydrogens (tertiary/aromatic N) is 6. The fourth-order valence-electron chi connectivity index (χ4n) is 3.71. The second kappa shape index (κ2) is 7.33. The van der Waals surface area contributed by atoms with Gasteiger partial charge in [-0.15, -0.1) is 0 Å². The van der Waals surface area contributed by atoms with E-state index in [0.717, 1.165) is 48.8 Å². The van der Waals surface area contributed by atoms with Crippen molar-refractivity contribution in [1.29, 1.82) is 0 Å². The molecule has 3 aromatic rings. The molecule has 148 valence electrons. The van der Waals surface area contributed by atoms with Gasteiger partial charge in [-0.05, 0) is 46.5 Å². The Labute approximate surface area is 163 Å². The summed E-state index contributed by atoms with van der Waals surface area (Å²) in [6.07, 6.45) is 1.93. The lowest BCUT2D eigenvalue weighted by atomic mass is 9.98. The molecular weight excluding hydrogens is 359 g/mol. The van der Waals surface area contributed by atoms with Gasteiger partial charge in [0.05, 0.1) is 18.0 Å². The lowest BCUT2D eigenvalue weighted by Gasteiger charge is -2.33. The molecule has 1 aliphatic heterocycles. The Morgan fingerprint density at radius 3 is 2.54 bits per heavy atom. The van der Waals surface area contributed by atoms with E-state index < -0.39 is 5.82 Å². The number of hydrogen-bond acceptors (Lipinski definition) is 6.